The minimum atomic E-state index is -0.287. The van der Waals surface area contributed by atoms with Gasteiger partial charge in [0.1, 0.15) is 0 Å². The molecule has 0 bridgehead atoms. The lowest BCUT2D eigenvalue weighted by Gasteiger charge is -2.26. The zero-order valence-corrected chi connectivity index (χ0v) is 22.2. The molecule has 7 nitrogen and oxygen atoms in total. The van der Waals surface area contributed by atoms with Gasteiger partial charge in [0.15, 0.2) is 5.16 Å². The number of carbonyl (C=O) groups is 1. The van der Waals surface area contributed by atoms with E-state index in [9.17, 15) is 9.59 Å². The third kappa shape index (κ3) is 8.19. The summed E-state index contributed by atoms with van der Waals surface area (Å²) in [6.45, 7) is 6.16. The van der Waals surface area contributed by atoms with Gasteiger partial charge in [-0.15, -0.1) is 0 Å². The molecule has 2 aromatic rings. The lowest BCUT2D eigenvalue weighted by molar-refractivity contribution is -0.120. The Morgan fingerprint density at radius 2 is 1.94 bits per heavy atom. The number of hydrogen-bond acceptors (Lipinski definition) is 6. The van der Waals surface area contributed by atoms with Crippen LogP contribution in [-0.2, 0) is 29.6 Å². The number of amides is 1. The molecule has 192 valence electrons. The molecule has 1 saturated heterocycles. The van der Waals surface area contributed by atoms with Gasteiger partial charge < -0.3 is 15.0 Å². The van der Waals surface area contributed by atoms with E-state index in [4.69, 9.17) is 9.72 Å². The molecule has 1 aliphatic heterocycles. The summed E-state index contributed by atoms with van der Waals surface area (Å²) in [4.78, 5) is 33.7. The molecule has 0 radical (unpaired) electrons. The van der Waals surface area contributed by atoms with Crippen LogP contribution in [0, 0.1) is 0 Å². The first kappa shape index (κ1) is 27.4. The first-order chi connectivity index (χ1) is 17.0. The van der Waals surface area contributed by atoms with Crippen molar-refractivity contribution in [1.29, 1.82) is 0 Å². The van der Waals surface area contributed by atoms with Crippen molar-refractivity contribution in [2.24, 2.45) is 7.05 Å². The number of likely N-dealkylation sites (tertiary alicyclic amines) is 1. The molecule has 0 spiro atoms. The van der Waals surface area contributed by atoms with Gasteiger partial charge in [-0.2, -0.15) is 0 Å². The second-order valence-electron chi connectivity index (χ2n) is 9.22. The summed E-state index contributed by atoms with van der Waals surface area (Å²) in [6.07, 6.45) is 6.99. The highest BCUT2D eigenvalue weighted by molar-refractivity contribution is 8.00. The van der Waals surface area contributed by atoms with Gasteiger partial charge in [0.05, 0.1) is 17.6 Å². The third-order valence-corrected chi connectivity index (χ3v) is 7.78. The van der Waals surface area contributed by atoms with Gasteiger partial charge in [-0.05, 0) is 37.9 Å². The van der Waals surface area contributed by atoms with Gasteiger partial charge in [0.2, 0.25) is 5.91 Å². The van der Waals surface area contributed by atoms with Crippen LogP contribution in [0.3, 0.4) is 0 Å². The smallest absolute Gasteiger partial charge is 0.257 e. The Labute approximate surface area is 213 Å². The molecule has 1 fully saturated rings. The fourth-order valence-corrected chi connectivity index (χ4v) is 5.54. The Morgan fingerprint density at radius 3 is 2.63 bits per heavy atom. The average Bonchev–Trinajstić information content (AvgIpc) is 2.88. The van der Waals surface area contributed by atoms with Crippen molar-refractivity contribution in [1.82, 2.24) is 19.8 Å². The highest BCUT2D eigenvalue weighted by Gasteiger charge is 2.24. The Hall–Kier alpha value is -2.16. The maximum atomic E-state index is 13.4. The van der Waals surface area contributed by atoms with E-state index >= 15 is 0 Å². The first-order valence-electron chi connectivity index (χ1n) is 12.8. The second-order valence-corrected chi connectivity index (χ2v) is 10.4. The fourth-order valence-electron chi connectivity index (χ4n) is 4.40. The monoisotopic (exact) mass is 500 g/mol. The minimum absolute atomic E-state index is 0.0244. The van der Waals surface area contributed by atoms with Crippen LogP contribution < -0.4 is 10.9 Å². The summed E-state index contributed by atoms with van der Waals surface area (Å²) in [5.41, 5.74) is 2.25. The molecule has 1 aliphatic rings. The van der Waals surface area contributed by atoms with Gasteiger partial charge in [-0.25, -0.2) is 4.98 Å². The molecule has 1 aromatic carbocycles. The van der Waals surface area contributed by atoms with E-state index in [0.29, 0.717) is 29.4 Å². The fraction of sp³-hybridized carbons (Fsp3) is 0.593. The highest BCUT2D eigenvalue weighted by atomic mass is 32.2. The number of unbranched alkanes of at least 4 members (excludes halogenated alkanes) is 1. The summed E-state index contributed by atoms with van der Waals surface area (Å²) in [5, 5.41) is 3.41. The Bertz CT molecular complexity index is 990. The normalized spacial score (nSPS) is 15.2. The molecule has 3 rings (SSSR count). The van der Waals surface area contributed by atoms with Crippen LogP contribution in [0.25, 0.3) is 0 Å². The van der Waals surface area contributed by atoms with E-state index in [2.05, 4.69) is 17.1 Å². The van der Waals surface area contributed by atoms with Gasteiger partial charge in [0, 0.05) is 39.2 Å². The van der Waals surface area contributed by atoms with Crippen LogP contribution in [0.1, 0.15) is 62.3 Å². The van der Waals surface area contributed by atoms with Crippen molar-refractivity contribution in [2.45, 2.75) is 68.9 Å². The molecule has 8 heteroatoms. The maximum absolute atomic E-state index is 13.4. The van der Waals surface area contributed by atoms with E-state index in [1.807, 2.05) is 30.3 Å². The molecule has 35 heavy (non-hydrogen) atoms. The molecular formula is C27H40N4O3S. The molecule has 0 saturated carbocycles. The van der Waals surface area contributed by atoms with Gasteiger partial charge in [0.25, 0.3) is 5.56 Å². The lowest BCUT2D eigenvalue weighted by Crippen LogP contribution is -2.40. The number of benzene rings is 1. The van der Waals surface area contributed by atoms with Crippen molar-refractivity contribution in [3.63, 3.8) is 0 Å². The number of carbonyl (C=O) groups excluding carboxylic acids is 1. The van der Waals surface area contributed by atoms with Crippen molar-refractivity contribution in [3.05, 3.63) is 57.5 Å². The van der Waals surface area contributed by atoms with E-state index < -0.39 is 0 Å². The minimum Gasteiger partial charge on any atom is -0.378 e. The van der Waals surface area contributed by atoms with Crippen LogP contribution in [0.15, 0.2) is 40.3 Å². The molecule has 1 unspecified atom stereocenters. The summed E-state index contributed by atoms with van der Waals surface area (Å²) in [6, 6.07) is 9.91. The maximum Gasteiger partial charge on any atom is 0.257 e. The van der Waals surface area contributed by atoms with Crippen molar-refractivity contribution < 1.29 is 9.53 Å². The first-order valence-corrected chi connectivity index (χ1v) is 13.7. The zero-order valence-electron chi connectivity index (χ0n) is 21.4. The number of ether oxygens (including phenoxy) is 1. The summed E-state index contributed by atoms with van der Waals surface area (Å²) in [5.74, 6) is 0.0244. The van der Waals surface area contributed by atoms with E-state index in [0.717, 1.165) is 44.5 Å². The predicted octanol–water partition coefficient (Wildman–Crippen LogP) is 3.77. The summed E-state index contributed by atoms with van der Waals surface area (Å²) >= 11 is 1.39. The number of aromatic nitrogens is 2. The van der Waals surface area contributed by atoms with Crippen LogP contribution >= 0.6 is 11.8 Å². The summed E-state index contributed by atoms with van der Waals surface area (Å²) in [7, 11) is 3.35. The van der Waals surface area contributed by atoms with E-state index in [1.165, 1.54) is 31.0 Å². The van der Waals surface area contributed by atoms with Gasteiger partial charge in [-0.1, -0.05) is 68.3 Å². The zero-order chi connectivity index (χ0) is 25.0. The molecule has 0 aliphatic carbocycles. The number of piperidine rings is 1. The Morgan fingerprint density at radius 1 is 1.20 bits per heavy atom. The van der Waals surface area contributed by atoms with Gasteiger partial charge >= 0.3 is 0 Å². The molecule has 1 aromatic heterocycles. The topological polar surface area (TPSA) is 76.5 Å². The molecular weight excluding hydrogens is 460 g/mol. The van der Waals surface area contributed by atoms with Crippen molar-refractivity contribution in [3.8, 4) is 0 Å². The largest absolute Gasteiger partial charge is 0.378 e. The SMILES string of the molecule is CCCCC(Sc1nc(COC)c(Cc2ccccc2)c(=O)n1C)C(=O)NCCN1CCCCC1. The average molecular weight is 501 g/mol. The van der Waals surface area contributed by atoms with E-state index in [-0.39, 0.29) is 23.3 Å². The number of nitrogens with one attached hydrogen (secondary N) is 1. The molecule has 2 heterocycles. The number of methoxy groups -OCH3 is 1. The van der Waals surface area contributed by atoms with E-state index in [1.54, 1.807) is 18.7 Å². The lowest BCUT2D eigenvalue weighted by atomic mass is 10.0. The molecule has 1 atom stereocenters. The van der Waals surface area contributed by atoms with Crippen LogP contribution in [0.4, 0.5) is 0 Å². The number of thioether (sulfide) groups is 1. The third-order valence-electron chi connectivity index (χ3n) is 6.47. The standard InChI is InChI=1S/C27H40N4O3S/c1-4-5-14-24(25(32)28-15-18-31-16-10-7-11-17-31)35-27-29-23(20-34-3)22(26(33)30(27)2)19-21-12-8-6-9-13-21/h6,8-9,12-13,24H,4-5,7,10-11,14-20H2,1-3H3,(H,28,32). The second kappa shape index (κ2) is 14.4. The predicted molar refractivity (Wildman–Crippen MR) is 142 cm³/mol. The van der Waals surface area contributed by atoms with Crippen LogP contribution in [0.2, 0.25) is 0 Å². The van der Waals surface area contributed by atoms with Crippen molar-refractivity contribution >= 4 is 17.7 Å². The van der Waals surface area contributed by atoms with Crippen LogP contribution in [-0.4, -0.2) is 58.9 Å². The van der Waals surface area contributed by atoms with Gasteiger partial charge in [-0.3, -0.25) is 14.2 Å². The number of hydrogen-bond donors (Lipinski definition) is 1. The number of rotatable bonds is 13. The highest BCUT2D eigenvalue weighted by Crippen LogP contribution is 2.26. The summed E-state index contributed by atoms with van der Waals surface area (Å²) < 4.78 is 6.97. The van der Waals surface area contributed by atoms with Crippen LogP contribution in [0.5, 0.6) is 0 Å². The van der Waals surface area contributed by atoms with Crippen molar-refractivity contribution in [2.75, 3.05) is 33.3 Å². The quantitative estimate of drug-likeness (QED) is 0.333. The number of nitrogens with zero attached hydrogens (tertiary/aromatic N) is 3. The Kier molecular flexibility index (Phi) is 11.3. The molecule has 1 amide bonds. The Balaban J connectivity index is 1.75. The molecule has 1 N–H and O–H groups in total.